The number of hydrogen-bond acceptors (Lipinski definition) is 7. The first-order valence-electron chi connectivity index (χ1n) is 12.5. The van der Waals surface area contributed by atoms with E-state index in [2.05, 4.69) is 6.92 Å². The number of unbranched alkanes of at least 4 members (excludes halogenated alkanes) is 7. The average Bonchev–Trinajstić information content (AvgIpc) is 2.84. The predicted octanol–water partition coefficient (Wildman–Crippen LogP) is 4.75. The number of benzene rings is 1. The van der Waals surface area contributed by atoms with Crippen molar-refractivity contribution in [1.29, 1.82) is 0 Å². The van der Waals surface area contributed by atoms with Gasteiger partial charge in [-0.05, 0) is 18.6 Å². The van der Waals surface area contributed by atoms with E-state index >= 15 is 0 Å². The first-order chi connectivity index (χ1) is 16.7. The Morgan fingerprint density at radius 2 is 1.06 bits per heavy atom. The van der Waals surface area contributed by atoms with Gasteiger partial charge in [0.15, 0.2) is 0 Å². The second-order valence-electron chi connectivity index (χ2n) is 7.91. The van der Waals surface area contributed by atoms with E-state index in [0.29, 0.717) is 39.6 Å². The van der Waals surface area contributed by atoms with Crippen molar-refractivity contribution in [3.8, 4) is 0 Å². The van der Waals surface area contributed by atoms with Crippen LogP contribution in [-0.4, -0.2) is 76.5 Å². The molecule has 0 atom stereocenters. The van der Waals surface area contributed by atoms with E-state index in [1.165, 1.54) is 57.1 Å². The van der Waals surface area contributed by atoms with E-state index in [-0.39, 0.29) is 24.3 Å². The van der Waals surface area contributed by atoms with E-state index in [1.54, 1.807) is 12.1 Å². The molecule has 0 saturated carbocycles. The van der Waals surface area contributed by atoms with Gasteiger partial charge in [0.25, 0.3) is 0 Å². The Bertz CT molecular complexity index is 649. The third-order valence-corrected chi connectivity index (χ3v) is 5.10. The highest BCUT2D eigenvalue weighted by molar-refractivity contribution is 6.02. The molecule has 1 aromatic rings. The van der Waals surface area contributed by atoms with Crippen LogP contribution in [0.4, 0.5) is 0 Å². The van der Waals surface area contributed by atoms with Crippen LogP contribution in [0, 0.1) is 0 Å². The Morgan fingerprint density at radius 1 is 0.618 bits per heavy atom. The van der Waals surface area contributed by atoms with Gasteiger partial charge in [-0.1, -0.05) is 64.0 Å². The van der Waals surface area contributed by atoms with E-state index in [4.69, 9.17) is 28.8 Å². The second kappa shape index (κ2) is 21.5. The summed E-state index contributed by atoms with van der Waals surface area (Å²) in [5, 5.41) is 9.10. The summed E-state index contributed by atoms with van der Waals surface area (Å²) in [7, 11) is 0. The van der Waals surface area contributed by atoms with Crippen molar-refractivity contribution < 1.29 is 38.4 Å². The number of hydrogen-bond donors (Lipinski definition) is 1. The second-order valence-corrected chi connectivity index (χ2v) is 7.91. The third-order valence-electron chi connectivity index (χ3n) is 5.10. The summed E-state index contributed by atoms with van der Waals surface area (Å²) in [6, 6.07) is 5.93. The zero-order valence-electron chi connectivity index (χ0n) is 20.6. The molecule has 0 unspecified atom stereocenters. The first-order valence-corrected chi connectivity index (χ1v) is 12.5. The van der Waals surface area contributed by atoms with Crippen LogP contribution < -0.4 is 0 Å². The topological polar surface area (TPSA) is 101 Å². The summed E-state index contributed by atoms with van der Waals surface area (Å²) in [4.78, 5) is 23.1. The van der Waals surface area contributed by atoms with E-state index in [0.717, 1.165) is 13.0 Å². The lowest BCUT2D eigenvalue weighted by Gasteiger charge is -2.09. The van der Waals surface area contributed by atoms with Gasteiger partial charge in [-0.15, -0.1) is 0 Å². The van der Waals surface area contributed by atoms with Crippen LogP contribution in [0.1, 0.15) is 79.0 Å². The van der Waals surface area contributed by atoms with Gasteiger partial charge in [0, 0.05) is 6.61 Å². The third kappa shape index (κ3) is 15.8. The number of aromatic carboxylic acids is 1. The molecule has 0 radical (unpaired) electrons. The molecule has 8 nitrogen and oxygen atoms in total. The summed E-state index contributed by atoms with van der Waals surface area (Å²) in [5.74, 6) is -1.85. The van der Waals surface area contributed by atoms with E-state index < -0.39 is 11.9 Å². The van der Waals surface area contributed by atoms with E-state index in [1.807, 2.05) is 0 Å². The Kier molecular flexibility index (Phi) is 19.0. The maximum atomic E-state index is 12.0. The first kappa shape index (κ1) is 30.0. The standard InChI is InChI=1S/C26H42O8/c1-2-3-4-5-6-7-8-11-14-30-15-16-31-17-18-32-19-20-33-21-22-34-26(29)24-13-10-9-12-23(24)25(27)28/h9-10,12-13H,2-8,11,14-22H2,1H3,(H,27,28). The molecule has 0 heterocycles. The fourth-order valence-corrected chi connectivity index (χ4v) is 3.22. The molecular formula is C26H42O8. The molecule has 34 heavy (non-hydrogen) atoms. The molecule has 0 aliphatic carbocycles. The molecule has 0 amide bonds. The Morgan fingerprint density at radius 3 is 1.59 bits per heavy atom. The van der Waals surface area contributed by atoms with Crippen molar-refractivity contribution in [2.24, 2.45) is 0 Å². The maximum absolute atomic E-state index is 12.0. The van der Waals surface area contributed by atoms with Crippen LogP contribution in [0.2, 0.25) is 0 Å². The number of rotatable bonds is 23. The minimum absolute atomic E-state index is 0.0249. The lowest BCUT2D eigenvalue weighted by atomic mass is 10.1. The number of esters is 1. The highest BCUT2D eigenvalue weighted by Gasteiger charge is 2.16. The molecule has 8 heteroatoms. The van der Waals surface area contributed by atoms with Crippen LogP contribution in [0.25, 0.3) is 0 Å². The van der Waals surface area contributed by atoms with Gasteiger partial charge in [0.2, 0.25) is 0 Å². The molecular weight excluding hydrogens is 440 g/mol. The molecule has 0 fully saturated rings. The fourth-order valence-electron chi connectivity index (χ4n) is 3.22. The van der Waals surface area contributed by atoms with Gasteiger partial charge in [0.1, 0.15) is 6.61 Å². The van der Waals surface area contributed by atoms with Crippen molar-refractivity contribution in [3.63, 3.8) is 0 Å². The Hall–Kier alpha value is -2.00. The van der Waals surface area contributed by atoms with Gasteiger partial charge in [-0.2, -0.15) is 0 Å². The molecule has 0 spiro atoms. The molecule has 0 aliphatic rings. The molecule has 1 N–H and O–H groups in total. The number of carboxylic acids is 1. The van der Waals surface area contributed by atoms with Crippen molar-refractivity contribution in [1.82, 2.24) is 0 Å². The summed E-state index contributed by atoms with van der Waals surface area (Å²) < 4.78 is 26.9. The lowest BCUT2D eigenvalue weighted by molar-refractivity contribution is -0.00917. The lowest BCUT2D eigenvalue weighted by Crippen LogP contribution is -2.16. The van der Waals surface area contributed by atoms with E-state index in [9.17, 15) is 9.59 Å². The fraction of sp³-hybridized carbons (Fsp3) is 0.692. The van der Waals surface area contributed by atoms with Crippen LogP contribution in [0.15, 0.2) is 24.3 Å². The number of ether oxygens (including phenoxy) is 5. The monoisotopic (exact) mass is 482 g/mol. The van der Waals surface area contributed by atoms with Gasteiger partial charge in [0.05, 0.1) is 57.4 Å². The minimum atomic E-state index is -1.17. The van der Waals surface area contributed by atoms with Gasteiger partial charge in [-0.3, -0.25) is 0 Å². The number of carboxylic acid groups (broad SMARTS) is 1. The highest BCUT2D eigenvalue weighted by Crippen LogP contribution is 2.10. The predicted molar refractivity (Wildman–Crippen MR) is 130 cm³/mol. The smallest absolute Gasteiger partial charge is 0.339 e. The normalized spacial score (nSPS) is 11.0. The van der Waals surface area contributed by atoms with Crippen molar-refractivity contribution >= 4 is 11.9 Å². The van der Waals surface area contributed by atoms with Crippen molar-refractivity contribution in [3.05, 3.63) is 35.4 Å². The SMILES string of the molecule is CCCCCCCCCCOCCOCCOCCOCCOC(=O)c1ccccc1C(=O)O. The minimum Gasteiger partial charge on any atom is -0.478 e. The molecule has 194 valence electrons. The zero-order chi connectivity index (χ0) is 24.7. The molecule has 0 saturated heterocycles. The molecule has 1 rings (SSSR count). The van der Waals surface area contributed by atoms with Gasteiger partial charge in [-0.25, -0.2) is 9.59 Å². The van der Waals surface area contributed by atoms with Gasteiger partial charge >= 0.3 is 11.9 Å². The molecule has 0 aliphatic heterocycles. The Labute approximate surface area is 203 Å². The highest BCUT2D eigenvalue weighted by atomic mass is 16.6. The van der Waals surface area contributed by atoms with Gasteiger partial charge < -0.3 is 28.8 Å². The largest absolute Gasteiger partial charge is 0.478 e. The average molecular weight is 483 g/mol. The number of carbonyl (C=O) groups is 2. The Balaban J connectivity index is 1.82. The number of carbonyl (C=O) groups excluding carboxylic acids is 1. The van der Waals surface area contributed by atoms with Crippen LogP contribution in [-0.2, 0) is 23.7 Å². The van der Waals surface area contributed by atoms with Crippen molar-refractivity contribution in [2.45, 2.75) is 58.3 Å². The van der Waals surface area contributed by atoms with Crippen molar-refractivity contribution in [2.75, 3.05) is 59.5 Å². The zero-order valence-corrected chi connectivity index (χ0v) is 20.6. The van der Waals surface area contributed by atoms with Crippen LogP contribution in [0.5, 0.6) is 0 Å². The quantitative estimate of drug-likeness (QED) is 0.176. The molecule has 1 aromatic carbocycles. The maximum Gasteiger partial charge on any atom is 0.339 e. The molecule has 0 bridgehead atoms. The summed E-state index contributed by atoms with van der Waals surface area (Å²) in [5.41, 5.74) is -0.0593. The summed E-state index contributed by atoms with van der Waals surface area (Å²) in [6.07, 6.45) is 10.4. The van der Waals surface area contributed by atoms with Crippen LogP contribution in [0.3, 0.4) is 0 Å². The summed E-state index contributed by atoms with van der Waals surface area (Å²) >= 11 is 0. The molecule has 0 aromatic heterocycles. The van der Waals surface area contributed by atoms with Crippen LogP contribution >= 0.6 is 0 Å². The summed E-state index contributed by atoms with van der Waals surface area (Å²) in [6.45, 7) is 6.20.